The summed E-state index contributed by atoms with van der Waals surface area (Å²) < 4.78 is 5.10. The van der Waals surface area contributed by atoms with Crippen molar-refractivity contribution in [2.45, 2.75) is 51.5 Å². The van der Waals surface area contributed by atoms with Gasteiger partial charge in [-0.1, -0.05) is 37.8 Å². The number of imide groups is 1. The lowest BCUT2D eigenvalue weighted by Gasteiger charge is -2.22. The van der Waals surface area contributed by atoms with E-state index in [9.17, 15) is 19.2 Å². The summed E-state index contributed by atoms with van der Waals surface area (Å²) >= 11 is 6.21. The molecule has 4 rings (SSSR count). The Kier molecular flexibility index (Phi) is 8.05. The van der Waals surface area contributed by atoms with E-state index in [1.807, 2.05) is 6.92 Å². The van der Waals surface area contributed by atoms with E-state index in [4.69, 9.17) is 16.3 Å². The molecule has 1 aliphatic heterocycles. The number of esters is 1. The van der Waals surface area contributed by atoms with E-state index < -0.39 is 17.8 Å². The molecule has 0 spiro atoms. The third kappa shape index (κ3) is 5.60. The maximum atomic E-state index is 13.0. The van der Waals surface area contributed by atoms with Crippen LogP contribution in [-0.4, -0.2) is 36.3 Å². The van der Waals surface area contributed by atoms with Crippen LogP contribution in [0.3, 0.4) is 0 Å². The number of benzene rings is 2. The number of halogens is 1. The Bertz CT molecular complexity index is 1180. The highest BCUT2D eigenvalue weighted by atomic mass is 35.5. The molecule has 2 N–H and O–H groups in total. The molecule has 1 fully saturated rings. The molecule has 1 aliphatic carbocycles. The molecule has 3 amide bonds. The Morgan fingerprint density at radius 2 is 1.58 bits per heavy atom. The van der Waals surface area contributed by atoms with Crippen LogP contribution in [0.4, 0.5) is 11.4 Å². The lowest BCUT2D eigenvalue weighted by atomic mass is 9.95. The van der Waals surface area contributed by atoms with E-state index in [1.165, 1.54) is 30.7 Å². The van der Waals surface area contributed by atoms with E-state index in [2.05, 4.69) is 10.6 Å². The number of nitrogens with zero attached hydrogens (tertiary/aromatic N) is 1. The van der Waals surface area contributed by atoms with Crippen molar-refractivity contribution >= 4 is 46.7 Å². The quantitative estimate of drug-likeness (QED) is 0.393. The molecule has 2 aromatic carbocycles. The number of anilines is 2. The van der Waals surface area contributed by atoms with Crippen molar-refractivity contribution < 1.29 is 23.9 Å². The van der Waals surface area contributed by atoms with Gasteiger partial charge in [0.05, 0.1) is 17.9 Å². The van der Waals surface area contributed by atoms with Crippen LogP contribution in [0.25, 0.3) is 0 Å². The summed E-state index contributed by atoms with van der Waals surface area (Å²) in [7, 11) is 0. The summed E-state index contributed by atoms with van der Waals surface area (Å²) in [5, 5.41) is 5.72. The zero-order valence-corrected chi connectivity index (χ0v) is 20.8. The second-order valence-corrected chi connectivity index (χ2v) is 9.21. The van der Waals surface area contributed by atoms with Gasteiger partial charge in [-0.25, -0.2) is 9.69 Å². The van der Waals surface area contributed by atoms with Gasteiger partial charge in [-0.15, -0.1) is 0 Å². The monoisotopic (exact) mass is 509 g/mol. The molecule has 0 saturated heterocycles. The Morgan fingerprint density at radius 1 is 0.944 bits per heavy atom. The largest absolute Gasteiger partial charge is 0.462 e. The van der Waals surface area contributed by atoms with Crippen LogP contribution in [0.2, 0.25) is 0 Å². The van der Waals surface area contributed by atoms with Gasteiger partial charge in [0.1, 0.15) is 10.7 Å². The molecule has 0 bridgehead atoms. The third-order valence-corrected chi connectivity index (χ3v) is 6.53. The molecule has 2 aromatic rings. The predicted molar refractivity (Wildman–Crippen MR) is 137 cm³/mol. The summed E-state index contributed by atoms with van der Waals surface area (Å²) in [5.41, 5.74) is 1.55. The highest BCUT2D eigenvalue weighted by Crippen LogP contribution is 2.30. The molecular weight excluding hydrogens is 482 g/mol. The fourth-order valence-corrected chi connectivity index (χ4v) is 4.45. The molecule has 188 valence electrons. The van der Waals surface area contributed by atoms with E-state index in [-0.39, 0.29) is 28.4 Å². The number of carbonyl (C=O) groups excluding carboxylic acids is 4. The Hall–Kier alpha value is -3.65. The van der Waals surface area contributed by atoms with Gasteiger partial charge in [-0.05, 0) is 67.8 Å². The van der Waals surface area contributed by atoms with Crippen molar-refractivity contribution in [1.29, 1.82) is 0 Å². The first-order valence-electron chi connectivity index (χ1n) is 12.1. The highest BCUT2D eigenvalue weighted by Gasteiger charge is 2.39. The fraction of sp³-hybridized carbons (Fsp3) is 0.333. The minimum absolute atomic E-state index is 0.0625. The van der Waals surface area contributed by atoms with Crippen molar-refractivity contribution in [2.24, 2.45) is 0 Å². The maximum Gasteiger partial charge on any atom is 0.338 e. The number of hydrogen-bond acceptors (Lipinski definition) is 6. The van der Waals surface area contributed by atoms with Crippen molar-refractivity contribution in [1.82, 2.24) is 5.32 Å². The highest BCUT2D eigenvalue weighted by molar-refractivity contribution is 6.53. The zero-order chi connectivity index (χ0) is 25.7. The molecule has 36 heavy (non-hydrogen) atoms. The summed E-state index contributed by atoms with van der Waals surface area (Å²) in [6.07, 6.45) is 6.17. The number of nitrogens with one attached hydrogen (secondary N) is 2. The van der Waals surface area contributed by atoms with E-state index in [0.717, 1.165) is 30.6 Å². The Morgan fingerprint density at radius 3 is 2.22 bits per heavy atom. The SMILES string of the molecule is CCCOC(=O)c1ccc(N2C(=O)C(Cl)=C(Nc3ccc(C(=O)NC4CCCCC4)cc3)C2=O)cc1. The van der Waals surface area contributed by atoms with Crippen LogP contribution in [0.1, 0.15) is 66.2 Å². The smallest absolute Gasteiger partial charge is 0.338 e. The average molecular weight is 510 g/mol. The van der Waals surface area contributed by atoms with Gasteiger partial charge < -0.3 is 15.4 Å². The lowest BCUT2D eigenvalue weighted by Crippen LogP contribution is -2.36. The van der Waals surface area contributed by atoms with E-state index in [0.29, 0.717) is 29.8 Å². The van der Waals surface area contributed by atoms with Gasteiger partial charge >= 0.3 is 5.97 Å². The minimum atomic E-state index is -0.672. The molecule has 0 aromatic heterocycles. The molecule has 0 radical (unpaired) electrons. The topological polar surface area (TPSA) is 105 Å². The summed E-state index contributed by atoms with van der Waals surface area (Å²) in [4.78, 5) is 51.3. The van der Waals surface area contributed by atoms with Gasteiger partial charge in [0, 0.05) is 17.3 Å². The van der Waals surface area contributed by atoms with Crippen molar-refractivity contribution in [3.05, 3.63) is 70.4 Å². The van der Waals surface area contributed by atoms with Crippen LogP contribution in [0, 0.1) is 0 Å². The molecule has 0 unspecified atom stereocenters. The second-order valence-electron chi connectivity index (χ2n) is 8.83. The number of rotatable bonds is 8. The fourth-order valence-electron chi connectivity index (χ4n) is 4.24. The standard InChI is InChI=1S/C27H28ClN3O5/c1-2-16-36-27(35)18-10-14-21(15-11-18)31-25(33)22(28)23(26(31)34)29-20-12-8-17(9-13-20)24(32)30-19-6-4-3-5-7-19/h8-15,19,29H,2-7,16H2,1H3,(H,30,32). The maximum absolute atomic E-state index is 13.0. The molecule has 0 atom stereocenters. The van der Waals surface area contributed by atoms with Gasteiger partial charge in [0.25, 0.3) is 17.7 Å². The normalized spacial score (nSPS) is 16.3. The molecule has 1 saturated carbocycles. The molecular formula is C27H28ClN3O5. The first-order valence-corrected chi connectivity index (χ1v) is 12.5. The minimum Gasteiger partial charge on any atom is -0.462 e. The molecule has 9 heteroatoms. The lowest BCUT2D eigenvalue weighted by molar-refractivity contribution is -0.120. The van der Waals surface area contributed by atoms with Gasteiger partial charge in [0.15, 0.2) is 0 Å². The second kappa shape index (κ2) is 11.4. The van der Waals surface area contributed by atoms with Gasteiger partial charge in [-0.2, -0.15) is 0 Å². The van der Waals surface area contributed by atoms with Gasteiger partial charge in [0.2, 0.25) is 0 Å². The van der Waals surface area contributed by atoms with Crippen molar-refractivity contribution in [3.63, 3.8) is 0 Å². The Labute approximate surface area is 214 Å². The van der Waals surface area contributed by atoms with Crippen LogP contribution < -0.4 is 15.5 Å². The number of amides is 3. The molecule has 2 aliphatic rings. The van der Waals surface area contributed by atoms with Crippen LogP contribution >= 0.6 is 11.6 Å². The number of carbonyl (C=O) groups is 4. The zero-order valence-electron chi connectivity index (χ0n) is 20.0. The van der Waals surface area contributed by atoms with Crippen molar-refractivity contribution in [3.8, 4) is 0 Å². The third-order valence-electron chi connectivity index (χ3n) is 6.18. The number of ether oxygens (including phenoxy) is 1. The first-order chi connectivity index (χ1) is 17.4. The summed E-state index contributed by atoms with van der Waals surface area (Å²) in [6, 6.07) is 12.8. The van der Waals surface area contributed by atoms with E-state index >= 15 is 0 Å². The van der Waals surface area contributed by atoms with E-state index in [1.54, 1.807) is 24.3 Å². The number of hydrogen-bond donors (Lipinski definition) is 2. The van der Waals surface area contributed by atoms with Gasteiger partial charge in [-0.3, -0.25) is 14.4 Å². The Balaban J connectivity index is 1.41. The van der Waals surface area contributed by atoms with Crippen LogP contribution in [-0.2, 0) is 14.3 Å². The predicted octanol–water partition coefficient (Wildman–Crippen LogP) is 4.75. The van der Waals surface area contributed by atoms with Crippen molar-refractivity contribution in [2.75, 3.05) is 16.8 Å². The molecule has 8 nitrogen and oxygen atoms in total. The molecule has 1 heterocycles. The summed E-state index contributed by atoms with van der Waals surface area (Å²) in [6.45, 7) is 2.21. The van der Waals surface area contributed by atoms with Crippen LogP contribution in [0.5, 0.6) is 0 Å². The average Bonchev–Trinajstić information content (AvgIpc) is 3.11. The van der Waals surface area contributed by atoms with Crippen LogP contribution in [0.15, 0.2) is 59.3 Å². The summed E-state index contributed by atoms with van der Waals surface area (Å²) in [5.74, 6) is -1.90. The first kappa shape index (κ1) is 25.4.